The summed E-state index contributed by atoms with van der Waals surface area (Å²) in [6.07, 6.45) is 0. The molecule has 1 amide bonds. The number of nitrogens with one attached hydrogen (secondary N) is 1. The topological polar surface area (TPSA) is 73.2 Å². The van der Waals surface area contributed by atoms with E-state index in [4.69, 9.17) is 16.3 Å². The zero-order valence-corrected chi connectivity index (χ0v) is 17.8. The molecule has 3 rings (SSSR count). The predicted molar refractivity (Wildman–Crippen MR) is 117 cm³/mol. The number of hydrogen-bond donors (Lipinski definition) is 1. The summed E-state index contributed by atoms with van der Waals surface area (Å²) in [5.74, 6) is 0.0104. The molecule has 29 heavy (non-hydrogen) atoms. The van der Waals surface area contributed by atoms with E-state index in [1.165, 1.54) is 11.8 Å². The van der Waals surface area contributed by atoms with Gasteiger partial charge in [-0.1, -0.05) is 47.6 Å². The Morgan fingerprint density at radius 2 is 1.97 bits per heavy atom. The second kappa shape index (κ2) is 9.91. The van der Waals surface area contributed by atoms with Crippen molar-refractivity contribution in [2.24, 2.45) is 0 Å². The van der Waals surface area contributed by atoms with E-state index in [9.17, 15) is 9.59 Å². The summed E-state index contributed by atoms with van der Waals surface area (Å²) in [7, 11) is 1.59. The number of hydrogen-bond acceptors (Lipinski definition) is 5. The van der Waals surface area contributed by atoms with Gasteiger partial charge in [0.05, 0.1) is 29.3 Å². The summed E-state index contributed by atoms with van der Waals surface area (Å²) in [5.41, 5.74) is 1.44. The van der Waals surface area contributed by atoms with Crippen LogP contribution in [0.5, 0.6) is 0 Å². The minimum atomic E-state index is -0.204. The predicted octanol–water partition coefficient (Wildman–Crippen LogP) is 3.67. The molecule has 0 fully saturated rings. The van der Waals surface area contributed by atoms with Gasteiger partial charge in [0, 0.05) is 18.7 Å². The number of halogens is 1. The maximum Gasteiger partial charge on any atom is 0.262 e. The summed E-state index contributed by atoms with van der Waals surface area (Å²) in [4.78, 5) is 29.9. The molecular formula is C21H22ClN3O3S. The molecule has 0 aliphatic rings. The first-order chi connectivity index (χ1) is 14.0. The van der Waals surface area contributed by atoms with Crippen molar-refractivity contribution in [3.63, 3.8) is 0 Å². The normalized spacial score (nSPS) is 12.1. The Kier molecular flexibility index (Phi) is 7.30. The number of ether oxygens (including phenoxy) is 1. The number of benzene rings is 2. The number of carbonyl (C=O) groups is 1. The van der Waals surface area contributed by atoms with E-state index >= 15 is 0 Å². The quantitative estimate of drug-likeness (QED) is 0.435. The highest BCUT2D eigenvalue weighted by molar-refractivity contribution is 7.99. The van der Waals surface area contributed by atoms with E-state index in [2.05, 4.69) is 10.3 Å². The van der Waals surface area contributed by atoms with E-state index in [0.717, 1.165) is 5.56 Å². The van der Waals surface area contributed by atoms with Crippen molar-refractivity contribution < 1.29 is 9.53 Å². The number of methoxy groups -OCH3 is 1. The SMILES string of the molecule is COC[C@@H](C)n1c(SCC(=O)NCc2ccc(Cl)cc2)nc2ccccc2c1=O. The van der Waals surface area contributed by atoms with Crippen LogP contribution in [0.4, 0.5) is 0 Å². The fraction of sp³-hybridized carbons (Fsp3) is 0.286. The van der Waals surface area contributed by atoms with Crippen LogP contribution in [0, 0.1) is 0 Å². The highest BCUT2D eigenvalue weighted by Gasteiger charge is 2.17. The Labute approximate surface area is 178 Å². The summed E-state index contributed by atoms with van der Waals surface area (Å²) < 4.78 is 6.82. The van der Waals surface area contributed by atoms with Gasteiger partial charge in [-0.05, 0) is 36.8 Å². The van der Waals surface area contributed by atoms with Crippen molar-refractivity contribution in [2.75, 3.05) is 19.5 Å². The average Bonchev–Trinajstić information content (AvgIpc) is 2.72. The number of amides is 1. The fourth-order valence-electron chi connectivity index (χ4n) is 2.92. The number of nitrogens with zero attached hydrogens (tertiary/aromatic N) is 2. The third-order valence-corrected chi connectivity index (χ3v) is 5.56. The van der Waals surface area contributed by atoms with Gasteiger partial charge in [0.25, 0.3) is 5.56 Å². The van der Waals surface area contributed by atoms with Crippen molar-refractivity contribution in [3.8, 4) is 0 Å². The van der Waals surface area contributed by atoms with E-state index < -0.39 is 0 Å². The van der Waals surface area contributed by atoms with Crippen molar-refractivity contribution in [3.05, 3.63) is 69.5 Å². The minimum absolute atomic E-state index is 0.135. The van der Waals surface area contributed by atoms with Gasteiger partial charge in [0.15, 0.2) is 5.16 Å². The molecule has 0 saturated carbocycles. The van der Waals surface area contributed by atoms with Gasteiger partial charge in [-0.3, -0.25) is 14.2 Å². The fourth-order valence-corrected chi connectivity index (χ4v) is 3.97. The number of thioether (sulfide) groups is 1. The molecule has 1 N–H and O–H groups in total. The smallest absolute Gasteiger partial charge is 0.262 e. The molecule has 0 saturated heterocycles. The standard InChI is InChI=1S/C21H22ClN3O3S/c1-14(12-28-2)25-20(27)17-5-3-4-6-18(17)24-21(25)29-13-19(26)23-11-15-7-9-16(22)10-8-15/h3-10,14H,11-13H2,1-2H3,(H,23,26)/t14-/m1/s1. The molecule has 0 aliphatic heterocycles. The number of aromatic nitrogens is 2. The van der Waals surface area contributed by atoms with Gasteiger partial charge in [-0.15, -0.1) is 0 Å². The van der Waals surface area contributed by atoms with Gasteiger partial charge in [-0.25, -0.2) is 4.98 Å². The number of para-hydroxylation sites is 1. The van der Waals surface area contributed by atoms with E-state index in [1.807, 2.05) is 31.2 Å². The second-order valence-corrected chi connectivity index (χ2v) is 7.96. The summed E-state index contributed by atoms with van der Waals surface area (Å²) in [6, 6.07) is 14.3. The molecule has 152 valence electrons. The van der Waals surface area contributed by atoms with Crippen LogP contribution < -0.4 is 10.9 Å². The number of rotatable bonds is 8. The monoisotopic (exact) mass is 431 g/mol. The molecular weight excluding hydrogens is 410 g/mol. The highest BCUT2D eigenvalue weighted by atomic mass is 35.5. The Morgan fingerprint density at radius 3 is 2.69 bits per heavy atom. The number of fused-ring (bicyclic) bond motifs is 1. The van der Waals surface area contributed by atoms with E-state index in [1.54, 1.807) is 35.9 Å². The van der Waals surface area contributed by atoms with Crippen LogP contribution in [0.1, 0.15) is 18.5 Å². The lowest BCUT2D eigenvalue weighted by Gasteiger charge is -2.18. The van der Waals surface area contributed by atoms with Crippen LogP contribution in [-0.4, -0.2) is 34.9 Å². The third-order valence-electron chi connectivity index (χ3n) is 4.36. The maximum atomic E-state index is 13.0. The van der Waals surface area contributed by atoms with E-state index in [0.29, 0.717) is 34.2 Å². The molecule has 0 spiro atoms. The van der Waals surface area contributed by atoms with Crippen LogP contribution in [-0.2, 0) is 16.1 Å². The molecule has 3 aromatic rings. The van der Waals surface area contributed by atoms with Crippen molar-refractivity contribution in [1.82, 2.24) is 14.9 Å². The summed E-state index contributed by atoms with van der Waals surface area (Å²) in [6.45, 7) is 2.68. The lowest BCUT2D eigenvalue weighted by molar-refractivity contribution is -0.118. The van der Waals surface area contributed by atoms with Gasteiger partial charge in [0.2, 0.25) is 5.91 Å². The van der Waals surface area contributed by atoms with Crippen LogP contribution >= 0.6 is 23.4 Å². The molecule has 0 aliphatic carbocycles. The van der Waals surface area contributed by atoms with Crippen LogP contribution in [0.15, 0.2) is 58.5 Å². The minimum Gasteiger partial charge on any atom is -0.383 e. The highest BCUT2D eigenvalue weighted by Crippen LogP contribution is 2.21. The Morgan fingerprint density at radius 1 is 1.24 bits per heavy atom. The zero-order valence-electron chi connectivity index (χ0n) is 16.2. The molecule has 0 radical (unpaired) electrons. The first-order valence-electron chi connectivity index (χ1n) is 9.13. The second-order valence-electron chi connectivity index (χ2n) is 6.58. The van der Waals surface area contributed by atoms with Gasteiger partial charge in [0.1, 0.15) is 0 Å². The van der Waals surface area contributed by atoms with E-state index in [-0.39, 0.29) is 23.3 Å². The first kappa shape index (κ1) is 21.4. The average molecular weight is 432 g/mol. The molecule has 1 atom stereocenters. The van der Waals surface area contributed by atoms with Gasteiger partial charge >= 0.3 is 0 Å². The molecule has 1 aromatic heterocycles. The third kappa shape index (κ3) is 5.38. The Bertz CT molecular complexity index is 1050. The molecule has 6 nitrogen and oxygen atoms in total. The Balaban J connectivity index is 1.75. The lowest BCUT2D eigenvalue weighted by Crippen LogP contribution is -2.29. The Hall–Kier alpha value is -2.35. The lowest BCUT2D eigenvalue weighted by atomic mass is 10.2. The van der Waals surface area contributed by atoms with Crippen molar-refractivity contribution in [1.29, 1.82) is 0 Å². The molecule has 8 heteroatoms. The molecule has 1 heterocycles. The van der Waals surface area contributed by atoms with Gasteiger partial charge < -0.3 is 10.1 Å². The largest absolute Gasteiger partial charge is 0.383 e. The molecule has 0 bridgehead atoms. The van der Waals surface area contributed by atoms with Crippen molar-refractivity contribution in [2.45, 2.75) is 24.7 Å². The zero-order chi connectivity index (χ0) is 20.8. The van der Waals surface area contributed by atoms with Crippen molar-refractivity contribution >= 4 is 40.2 Å². The van der Waals surface area contributed by atoms with Crippen LogP contribution in [0.25, 0.3) is 10.9 Å². The first-order valence-corrected chi connectivity index (χ1v) is 10.5. The van der Waals surface area contributed by atoms with Crippen LogP contribution in [0.2, 0.25) is 5.02 Å². The molecule has 0 unspecified atom stereocenters. The number of carbonyl (C=O) groups excluding carboxylic acids is 1. The maximum absolute atomic E-state index is 13.0. The summed E-state index contributed by atoms with van der Waals surface area (Å²) in [5, 5.41) is 4.57. The van der Waals surface area contributed by atoms with Crippen LogP contribution in [0.3, 0.4) is 0 Å². The molecule has 2 aromatic carbocycles. The summed E-state index contributed by atoms with van der Waals surface area (Å²) >= 11 is 7.11. The van der Waals surface area contributed by atoms with Gasteiger partial charge in [-0.2, -0.15) is 0 Å².